The number of benzene rings is 8. The number of pyridine rings is 1. The average molecular weight is 688 g/mol. The van der Waals surface area contributed by atoms with Gasteiger partial charge in [0.25, 0.3) is 0 Å². The fourth-order valence-electron chi connectivity index (χ4n) is 7.91. The molecule has 0 spiro atoms. The summed E-state index contributed by atoms with van der Waals surface area (Å²) in [4.78, 5) is 15.2. The molecule has 2 aromatic heterocycles. The second-order valence-electron chi connectivity index (χ2n) is 13.5. The summed E-state index contributed by atoms with van der Waals surface area (Å²) in [6.07, 6.45) is 1.83. The first-order valence-electron chi connectivity index (χ1n) is 18.3. The molecule has 0 bridgehead atoms. The molecule has 0 unspecified atom stereocenters. The van der Waals surface area contributed by atoms with Gasteiger partial charge in [0.1, 0.15) is 0 Å². The standard InChI is InChI=1S/C51H33N3/c1-2-17-35(18-3-1)47-33-48(40-24-7-6-23-39(40)46-30-12-13-31-52-46)54-51(53-47)37-21-14-20-36(32-37)49-42-25-8-10-27-44(42)50(45-28-11-9-26-43(45)49)41-29-15-19-34-16-4-5-22-38(34)41/h1-33H. The van der Waals surface area contributed by atoms with Crippen molar-refractivity contribution < 1.29 is 0 Å². The number of hydrogen-bond acceptors (Lipinski definition) is 3. The Kier molecular flexibility index (Phi) is 7.81. The minimum atomic E-state index is 0.671. The molecule has 0 saturated heterocycles. The zero-order chi connectivity index (χ0) is 35.8. The molecule has 0 radical (unpaired) electrons. The number of rotatable bonds is 6. The van der Waals surface area contributed by atoms with Crippen molar-refractivity contribution in [3.8, 4) is 67.4 Å². The lowest BCUT2D eigenvalue weighted by Gasteiger charge is -2.19. The number of nitrogens with zero attached hydrogens (tertiary/aromatic N) is 3. The van der Waals surface area contributed by atoms with Gasteiger partial charge < -0.3 is 0 Å². The smallest absolute Gasteiger partial charge is 0.160 e. The molecule has 0 fully saturated rings. The van der Waals surface area contributed by atoms with Gasteiger partial charge in [0, 0.05) is 28.5 Å². The zero-order valence-electron chi connectivity index (χ0n) is 29.4. The van der Waals surface area contributed by atoms with Crippen LogP contribution in [0.3, 0.4) is 0 Å². The molecular weight excluding hydrogens is 655 g/mol. The first-order chi connectivity index (χ1) is 26.8. The van der Waals surface area contributed by atoms with Crippen molar-refractivity contribution in [3.05, 3.63) is 200 Å². The lowest BCUT2D eigenvalue weighted by Crippen LogP contribution is -1.98. The van der Waals surface area contributed by atoms with Gasteiger partial charge in [-0.1, -0.05) is 170 Å². The van der Waals surface area contributed by atoms with Gasteiger partial charge >= 0.3 is 0 Å². The van der Waals surface area contributed by atoms with Crippen LogP contribution in [0.5, 0.6) is 0 Å². The Balaban J connectivity index is 1.19. The van der Waals surface area contributed by atoms with Crippen LogP contribution in [0.1, 0.15) is 0 Å². The highest BCUT2D eigenvalue weighted by molar-refractivity contribution is 6.23. The molecule has 0 amide bonds. The summed E-state index contributed by atoms with van der Waals surface area (Å²) in [5, 5.41) is 7.36. The number of fused-ring (bicyclic) bond motifs is 3. The molecule has 10 aromatic rings. The van der Waals surface area contributed by atoms with E-state index in [-0.39, 0.29) is 0 Å². The molecule has 0 aliphatic rings. The van der Waals surface area contributed by atoms with Crippen molar-refractivity contribution in [1.29, 1.82) is 0 Å². The van der Waals surface area contributed by atoms with E-state index in [2.05, 4.69) is 175 Å². The van der Waals surface area contributed by atoms with Crippen LogP contribution in [0.15, 0.2) is 200 Å². The molecule has 10 rings (SSSR count). The van der Waals surface area contributed by atoms with E-state index in [0.29, 0.717) is 5.82 Å². The van der Waals surface area contributed by atoms with Crippen LogP contribution >= 0.6 is 0 Å². The van der Waals surface area contributed by atoms with Crippen LogP contribution in [-0.4, -0.2) is 15.0 Å². The quantitative estimate of drug-likeness (QED) is 0.163. The largest absolute Gasteiger partial charge is 0.256 e. The first-order valence-corrected chi connectivity index (χ1v) is 18.3. The summed E-state index contributed by atoms with van der Waals surface area (Å²) < 4.78 is 0. The topological polar surface area (TPSA) is 38.7 Å². The summed E-state index contributed by atoms with van der Waals surface area (Å²) in [6, 6.07) is 68.5. The molecule has 54 heavy (non-hydrogen) atoms. The third-order valence-electron chi connectivity index (χ3n) is 10.3. The van der Waals surface area contributed by atoms with E-state index in [1.54, 1.807) is 0 Å². The average Bonchev–Trinajstić information content (AvgIpc) is 3.26. The molecule has 2 heterocycles. The predicted octanol–water partition coefficient (Wildman–Crippen LogP) is 13.3. The van der Waals surface area contributed by atoms with E-state index in [9.17, 15) is 0 Å². The molecule has 8 aromatic carbocycles. The molecule has 0 atom stereocenters. The Labute approximate surface area is 313 Å². The van der Waals surface area contributed by atoms with E-state index in [1.807, 2.05) is 30.5 Å². The molecule has 0 N–H and O–H groups in total. The normalized spacial score (nSPS) is 11.3. The van der Waals surface area contributed by atoms with E-state index < -0.39 is 0 Å². The van der Waals surface area contributed by atoms with Crippen molar-refractivity contribution in [1.82, 2.24) is 15.0 Å². The Hall–Kier alpha value is -7.23. The van der Waals surface area contributed by atoms with Crippen LogP contribution in [0, 0.1) is 0 Å². The summed E-state index contributed by atoms with van der Waals surface area (Å²) in [5.41, 5.74) is 11.5. The van der Waals surface area contributed by atoms with Crippen LogP contribution in [0.25, 0.3) is 99.7 Å². The van der Waals surface area contributed by atoms with Crippen molar-refractivity contribution in [2.75, 3.05) is 0 Å². The maximum atomic E-state index is 5.29. The highest BCUT2D eigenvalue weighted by Crippen LogP contribution is 2.45. The molecule has 0 aliphatic heterocycles. The van der Waals surface area contributed by atoms with Gasteiger partial charge in [-0.2, -0.15) is 0 Å². The van der Waals surface area contributed by atoms with Gasteiger partial charge in [0.15, 0.2) is 5.82 Å². The van der Waals surface area contributed by atoms with Gasteiger partial charge in [0.2, 0.25) is 0 Å². The lowest BCUT2D eigenvalue weighted by molar-refractivity contribution is 1.18. The maximum absolute atomic E-state index is 5.29. The van der Waals surface area contributed by atoms with Crippen molar-refractivity contribution in [2.45, 2.75) is 0 Å². The highest BCUT2D eigenvalue weighted by Gasteiger charge is 2.19. The molecule has 3 nitrogen and oxygen atoms in total. The molecule has 0 aliphatic carbocycles. The first kappa shape index (κ1) is 31.5. The Morgan fingerprint density at radius 2 is 0.815 bits per heavy atom. The summed E-state index contributed by atoms with van der Waals surface area (Å²) in [7, 11) is 0. The number of hydrogen-bond donors (Lipinski definition) is 0. The fourth-order valence-corrected chi connectivity index (χ4v) is 7.91. The summed E-state index contributed by atoms with van der Waals surface area (Å²) in [6.45, 7) is 0. The molecule has 252 valence electrons. The van der Waals surface area contributed by atoms with E-state index in [4.69, 9.17) is 9.97 Å². The molecular formula is C51H33N3. The van der Waals surface area contributed by atoms with Crippen LogP contribution in [0.2, 0.25) is 0 Å². The van der Waals surface area contributed by atoms with Crippen LogP contribution in [-0.2, 0) is 0 Å². The fraction of sp³-hybridized carbons (Fsp3) is 0. The third kappa shape index (κ3) is 5.51. The Bertz CT molecular complexity index is 2930. The van der Waals surface area contributed by atoms with Gasteiger partial charge in [-0.25, -0.2) is 9.97 Å². The van der Waals surface area contributed by atoms with Crippen molar-refractivity contribution in [2.24, 2.45) is 0 Å². The summed E-state index contributed by atoms with van der Waals surface area (Å²) >= 11 is 0. The Morgan fingerprint density at radius 3 is 1.54 bits per heavy atom. The predicted molar refractivity (Wildman–Crippen MR) is 225 cm³/mol. The monoisotopic (exact) mass is 687 g/mol. The van der Waals surface area contributed by atoms with Crippen LogP contribution in [0.4, 0.5) is 0 Å². The van der Waals surface area contributed by atoms with E-state index in [0.717, 1.165) is 44.9 Å². The van der Waals surface area contributed by atoms with E-state index in [1.165, 1.54) is 49.0 Å². The van der Waals surface area contributed by atoms with Crippen LogP contribution < -0.4 is 0 Å². The highest BCUT2D eigenvalue weighted by atomic mass is 14.9. The maximum Gasteiger partial charge on any atom is 0.160 e. The number of aromatic nitrogens is 3. The van der Waals surface area contributed by atoms with Gasteiger partial charge in [-0.05, 0) is 78.8 Å². The van der Waals surface area contributed by atoms with Crippen molar-refractivity contribution in [3.63, 3.8) is 0 Å². The summed E-state index contributed by atoms with van der Waals surface area (Å²) in [5.74, 6) is 0.671. The second kappa shape index (κ2) is 13.4. The second-order valence-corrected chi connectivity index (χ2v) is 13.5. The zero-order valence-corrected chi connectivity index (χ0v) is 29.4. The minimum absolute atomic E-state index is 0.671. The third-order valence-corrected chi connectivity index (χ3v) is 10.3. The SMILES string of the molecule is c1ccc(-c2cc(-c3ccccc3-c3ccccn3)nc(-c3cccc(-c4c5ccccc5c(-c5cccc6ccccc56)c5ccccc45)c3)n2)cc1. The van der Waals surface area contributed by atoms with Gasteiger partial charge in [0.05, 0.1) is 17.1 Å². The Morgan fingerprint density at radius 1 is 0.296 bits per heavy atom. The molecule has 3 heteroatoms. The van der Waals surface area contributed by atoms with Crippen molar-refractivity contribution >= 4 is 32.3 Å². The molecule has 0 saturated carbocycles. The lowest BCUT2D eigenvalue weighted by atomic mass is 9.84. The van der Waals surface area contributed by atoms with Gasteiger partial charge in [-0.3, -0.25) is 4.98 Å². The minimum Gasteiger partial charge on any atom is -0.256 e. The van der Waals surface area contributed by atoms with Gasteiger partial charge in [-0.15, -0.1) is 0 Å². The van der Waals surface area contributed by atoms with E-state index >= 15 is 0 Å².